The average Bonchev–Trinajstić information content (AvgIpc) is 2.35. The molecule has 0 fully saturated rings. The van der Waals surface area contributed by atoms with Crippen molar-refractivity contribution in [2.24, 2.45) is 0 Å². The molecule has 0 radical (unpaired) electrons. The third-order valence-electron chi connectivity index (χ3n) is 2.03. The zero-order valence-corrected chi connectivity index (χ0v) is 9.38. The summed E-state index contributed by atoms with van der Waals surface area (Å²) < 4.78 is 9.35. The van der Waals surface area contributed by atoms with Crippen LogP contribution in [0.3, 0.4) is 0 Å². The zero-order valence-electron chi connectivity index (χ0n) is 9.38. The third kappa shape index (κ3) is 3.30. The van der Waals surface area contributed by atoms with Crippen molar-refractivity contribution in [3.8, 4) is 5.75 Å². The number of carbonyl (C=O) groups excluding carboxylic acids is 1. The number of nitrogens with zero attached hydrogens (tertiary/aromatic N) is 1. The molecule has 0 heterocycles. The van der Waals surface area contributed by atoms with E-state index in [1.54, 1.807) is 0 Å². The van der Waals surface area contributed by atoms with Crippen LogP contribution in [0.5, 0.6) is 5.75 Å². The average molecular weight is 237 g/mol. The Kier molecular flexibility index (Phi) is 4.21. The van der Waals surface area contributed by atoms with Gasteiger partial charge in [0.2, 0.25) is 0 Å². The lowest BCUT2D eigenvalue weighted by atomic mass is 10.1. The predicted octanol–water partition coefficient (Wildman–Crippen LogP) is 1.79. The fraction of sp³-hybridized carbons (Fsp3) is 0.182. The normalized spacial score (nSPS) is 10.2. The predicted molar refractivity (Wildman–Crippen MR) is 60.7 cm³/mol. The van der Waals surface area contributed by atoms with E-state index in [-0.39, 0.29) is 11.3 Å². The van der Waals surface area contributed by atoms with Gasteiger partial charge in [0.1, 0.15) is 5.75 Å². The summed E-state index contributed by atoms with van der Waals surface area (Å²) >= 11 is 0. The molecule has 1 rings (SSSR count). The van der Waals surface area contributed by atoms with Crippen LogP contribution < -0.4 is 4.74 Å². The Labute approximate surface area is 97.6 Å². The number of esters is 1. The Morgan fingerprint density at radius 1 is 1.41 bits per heavy atom. The van der Waals surface area contributed by atoms with E-state index >= 15 is 0 Å². The van der Waals surface area contributed by atoms with Crippen LogP contribution in [0.2, 0.25) is 0 Å². The van der Waals surface area contributed by atoms with Gasteiger partial charge in [-0.3, -0.25) is 10.1 Å². The number of ether oxygens (including phenoxy) is 2. The molecule has 0 bridgehead atoms. The van der Waals surface area contributed by atoms with Crippen LogP contribution in [0.1, 0.15) is 5.56 Å². The SMILES string of the molecule is COC(=O)C=Cc1cc(OC)ccc1[N+](=O)[O-]. The fourth-order valence-electron chi connectivity index (χ4n) is 1.19. The Morgan fingerprint density at radius 2 is 2.12 bits per heavy atom. The van der Waals surface area contributed by atoms with Crippen molar-refractivity contribution in [3.05, 3.63) is 40.0 Å². The molecule has 6 nitrogen and oxygen atoms in total. The summed E-state index contributed by atoms with van der Waals surface area (Å²) in [6.45, 7) is 0. The maximum atomic E-state index is 10.9. The number of methoxy groups -OCH3 is 2. The number of rotatable bonds is 4. The number of hydrogen-bond acceptors (Lipinski definition) is 5. The van der Waals surface area contributed by atoms with Gasteiger partial charge in [-0.05, 0) is 18.2 Å². The lowest BCUT2D eigenvalue weighted by molar-refractivity contribution is -0.385. The second-order valence-corrected chi connectivity index (χ2v) is 3.04. The number of carbonyl (C=O) groups is 1. The molecule has 1 aromatic rings. The van der Waals surface area contributed by atoms with Gasteiger partial charge in [-0.25, -0.2) is 4.79 Å². The number of nitro benzene ring substituents is 1. The highest BCUT2D eigenvalue weighted by atomic mass is 16.6. The van der Waals surface area contributed by atoms with Crippen molar-refractivity contribution in [2.45, 2.75) is 0 Å². The van der Waals surface area contributed by atoms with Crippen molar-refractivity contribution in [1.82, 2.24) is 0 Å². The molecule has 0 amide bonds. The molecule has 0 saturated carbocycles. The summed E-state index contributed by atoms with van der Waals surface area (Å²) in [6, 6.07) is 4.26. The van der Waals surface area contributed by atoms with Gasteiger partial charge >= 0.3 is 5.97 Å². The van der Waals surface area contributed by atoms with Gasteiger partial charge in [-0.2, -0.15) is 0 Å². The molecule has 90 valence electrons. The smallest absolute Gasteiger partial charge is 0.330 e. The molecule has 0 unspecified atom stereocenters. The standard InChI is InChI=1S/C11H11NO5/c1-16-9-4-5-10(12(14)15)8(7-9)3-6-11(13)17-2/h3-7H,1-2H3. The largest absolute Gasteiger partial charge is 0.497 e. The topological polar surface area (TPSA) is 78.7 Å². The quantitative estimate of drug-likeness (QED) is 0.345. The summed E-state index contributed by atoms with van der Waals surface area (Å²) in [6.07, 6.45) is 2.42. The van der Waals surface area contributed by atoms with Gasteiger partial charge in [0, 0.05) is 12.1 Å². The van der Waals surface area contributed by atoms with Crippen molar-refractivity contribution in [2.75, 3.05) is 14.2 Å². The van der Waals surface area contributed by atoms with Crippen molar-refractivity contribution < 1.29 is 19.2 Å². The molecule has 0 N–H and O–H groups in total. The first-order valence-corrected chi connectivity index (χ1v) is 4.67. The summed E-state index contributed by atoms with van der Waals surface area (Å²) in [5.41, 5.74) is 0.172. The van der Waals surface area contributed by atoms with Gasteiger partial charge in [-0.1, -0.05) is 0 Å². The van der Waals surface area contributed by atoms with Crippen LogP contribution in [-0.4, -0.2) is 25.1 Å². The van der Waals surface area contributed by atoms with E-state index in [0.717, 1.165) is 6.08 Å². The highest BCUT2D eigenvalue weighted by Gasteiger charge is 2.12. The number of hydrogen-bond donors (Lipinski definition) is 0. The van der Waals surface area contributed by atoms with E-state index in [1.165, 1.54) is 38.5 Å². The summed E-state index contributed by atoms with van der Waals surface area (Å²) in [7, 11) is 2.68. The van der Waals surface area contributed by atoms with E-state index in [2.05, 4.69) is 4.74 Å². The fourth-order valence-corrected chi connectivity index (χ4v) is 1.19. The van der Waals surface area contributed by atoms with Crippen molar-refractivity contribution >= 4 is 17.7 Å². The van der Waals surface area contributed by atoms with Crippen LogP contribution in [0, 0.1) is 10.1 Å². The van der Waals surface area contributed by atoms with E-state index in [4.69, 9.17) is 4.74 Å². The minimum Gasteiger partial charge on any atom is -0.497 e. The van der Waals surface area contributed by atoms with Crippen LogP contribution in [0.15, 0.2) is 24.3 Å². The molecule has 0 aliphatic heterocycles. The van der Waals surface area contributed by atoms with Crippen LogP contribution in [0.25, 0.3) is 6.08 Å². The zero-order chi connectivity index (χ0) is 12.8. The van der Waals surface area contributed by atoms with Crippen molar-refractivity contribution in [3.63, 3.8) is 0 Å². The highest BCUT2D eigenvalue weighted by molar-refractivity contribution is 5.87. The van der Waals surface area contributed by atoms with Crippen molar-refractivity contribution in [1.29, 1.82) is 0 Å². The van der Waals surface area contributed by atoms with Crippen LogP contribution >= 0.6 is 0 Å². The highest BCUT2D eigenvalue weighted by Crippen LogP contribution is 2.25. The molecule has 0 spiro atoms. The van der Waals surface area contributed by atoms with Gasteiger partial charge in [-0.15, -0.1) is 0 Å². The van der Waals surface area contributed by atoms with Crippen LogP contribution in [0.4, 0.5) is 5.69 Å². The van der Waals surface area contributed by atoms with Crippen LogP contribution in [-0.2, 0) is 9.53 Å². The molecular weight excluding hydrogens is 226 g/mol. The maximum absolute atomic E-state index is 10.9. The molecule has 6 heteroatoms. The molecule has 0 atom stereocenters. The Balaban J connectivity index is 3.13. The Bertz CT molecular complexity index is 467. The van der Waals surface area contributed by atoms with E-state index in [1.807, 2.05) is 0 Å². The molecule has 0 aliphatic rings. The summed E-state index contributed by atoms with van der Waals surface area (Å²) in [4.78, 5) is 21.1. The van der Waals surface area contributed by atoms with Gasteiger partial charge in [0.25, 0.3) is 5.69 Å². The molecule has 0 aliphatic carbocycles. The summed E-state index contributed by atoms with van der Waals surface area (Å²) in [5.74, 6) is -0.109. The molecule has 0 aromatic heterocycles. The minimum absolute atomic E-state index is 0.106. The second-order valence-electron chi connectivity index (χ2n) is 3.04. The summed E-state index contributed by atoms with van der Waals surface area (Å²) in [5, 5.41) is 10.8. The van der Waals surface area contributed by atoms with Gasteiger partial charge in [0.05, 0.1) is 24.7 Å². The molecule has 0 saturated heterocycles. The first-order valence-electron chi connectivity index (χ1n) is 4.67. The minimum atomic E-state index is -0.581. The maximum Gasteiger partial charge on any atom is 0.330 e. The lowest BCUT2D eigenvalue weighted by Gasteiger charge is -2.02. The second kappa shape index (κ2) is 5.64. The Hall–Kier alpha value is -2.37. The third-order valence-corrected chi connectivity index (χ3v) is 2.03. The van der Waals surface area contributed by atoms with E-state index < -0.39 is 10.9 Å². The van der Waals surface area contributed by atoms with Gasteiger partial charge < -0.3 is 9.47 Å². The van der Waals surface area contributed by atoms with E-state index in [0.29, 0.717) is 5.75 Å². The molecular formula is C11H11NO5. The monoisotopic (exact) mass is 237 g/mol. The first-order chi connectivity index (χ1) is 8.08. The first kappa shape index (κ1) is 12.7. The number of nitro groups is 1. The Morgan fingerprint density at radius 3 is 2.65 bits per heavy atom. The van der Waals surface area contributed by atoms with Gasteiger partial charge in [0.15, 0.2) is 0 Å². The number of benzene rings is 1. The molecule has 1 aromatic carbocycles. The van der Waals surface area contributed by atoms with E-state index in [9.17, 15) is 14.9 Å². The molecule has 17 heavy (non-hydrogen) atoms. The lowest BCUT2D eigenvalue weighted by Crippen LogP contribution is -1.95.